The Labute approximate surface area is 92.9 Å². The summed E-state index contributed by atoms with van der Waals surface area (Å²) in [6, 6.07) is 0. The van der Waals surface area contributed by atoms with Gasteiger partial charge in [0.1, 0.15) is 0 Å². The van der Waals surface area contributed by atoms with Gasteiger partial charge in [-0.3, -0.25) is 4.79 Å². The minimum Gasteiger partial charge on any atom is -0.463 e. The van der Waals surface area contributed by atoms with Crippen LogP contribution in [0, 0.1) is 0 Å². The normalized spacial score (nSPS) is 11.2. The van der Waals surface area contributed by atoms with Gasteiger partial charge in [0.2, 0.25) is 0 Å². The zero-order chi connectivity index (χ0) is 11.5. The van der Waals surface area contributed by atoms with Gasteiger partial charge in [-0.05, 0) is 40.2 Å². The SMILES string of the molecule is CNC/C=C\CCCCC(=O)OC(C)C. The lowest BCUT2D eigenvalue weighted by Crippen LogP contribution is -2.10. The van der Waals surface area contributed by atoms with Crippen molar-refractivity contribution in [3.8, 4) is 0 Å². The van der Waals surface area contributed by atoms with Crippen LogP contribution in [0.3, 0.4) is 0 Å². The minimum atomic E-state index is -0.0794. The molecule has 0 aliphatic heterocycles. The predicted molar refractivity (Wildman–Crippen MR) is 62.8 cm³/mol. The molecule has 0 fully saturated rings. The second kappa shape index (κ2) is 9.71. The molecule has 0 aromatic rings. The fourth-order valence-corrected chi connectivity index (χ4v) is 1.17. The number of esters is 1. The van der Waals surface area contributed by atoms with Crippen molar-refractivity contribution in [1.29, 1.82) is 0 Å². The Morgan fingerprint density at radius 3 is 2.67 bits per heavy atom. The predicted octanol–water partition coefficient (Wildman–Crippen LogP) is 2.27. The van der Waals surface area contributed by atoms with E-state index in [0.29, 0.717) is 6.42 Å². The molecule has 0 aliphatic carbocycles. The van der Waals surface area contributed by atoms with E-state index in [9.17, 15) is 4.79 Å². The van der Waals surface area contributed by atoms with Crippen molar-refractivity contribution in [2.75, 3.05) is 13.6 Å². The van der Waals surface area contributed by atoms with Gasteiger partial charge in [0.25, 0.3) is 0 Å². The summed E-state index contributed by atoms with van der Waals surface area (Å²) in [7, 11) is 1.92. The zero-order valence-corrected chi connectivity index (χ0v) is 10.1. The van der Waals surface area contributed by atoms with E-state index < -0.39 is 0 Å². The van der Waals surface area contributed by atoms with Gasteiger partial charge in [-0.1, -0.05) is 12.2 Å². The van der Waals surface area contributed by atoms with Crippen LogP contribution in [-0.2, 0) is 9.53 Å². The molecule has 15 heavy (non-hydrogen) atoms. The molecular weight excluding hydrogens is 190 g/mol. The quantitative estimate of drug-likeness (QED) is 0.382. The lowest BCUT2D eigenvalue weighted by Gasteiger charge is -2.06. The summed E-state index contributed by atoms with van der Waals surface area (Å²) in [4.78, 5) is 11.1. The average molecular weight is 213 g/mol. The first-order valence-corrected chi connectivity index (χ1v) is 5.66. The first-order chi connectivity index (χ1) is 7.16. The summed E-state index contributed by atoms with van der Waals surface area (Å²) >= 11 is 0. The first-order valence-electron chi connectivity index (χ1n) is 5.66. The van der Waals surface area contributed by atoms with Crippen molar-refractivity contribution in [1.82, 2.24) is 5.32 Å². The van der Waals surface area contributed by atoms with Gasteiger partial charge in [0, 0.05) is 13.0 Å². The molecule has 0 radical (unpaired) electrons. The van der Waals surface area contributed by atoms with Crippen molar-refractivity contribution in [3.63, 3.8) is 0 Å². The molecule has 0 aromatic heterocycles. The number of carbonyl (C=O) groups is 1. The second-order valence-corrected chi connectivity index (χ2v) is 3.81. The Bertz CT molecular complexity index is 188. The molecule has 88 valence electrons. The van der Waals surface area contributed by atoms with E-state index in [0.717, 1.165) is 25.8 Å². The highest BCUT2D eigenvalue weighted by Gasteiger charge is 2.03. The van der Waals surface area contributed by atoms with Crippen LogP contribution >= 0.6 is 0 Å². The molecular formula is C12H23NO2. The molecule has 0 aliphatic rings. The van der Waals surface area contributed by atoms with Crippen LogP contribution < -0.4 is 5.32 Å². The molecule has 0 atom stereocenters. The van der Waals surface area contributed by atoms with Gasteiger partial charge in [-0.25, -0.2) is 0 Å². The largest absolute Gasteiger partial charge is 0.463 e. The van der Waals surface area contributed by atoms with Crippen LogP contribution in [0.1, 0.15) is 39.5 Å². The van der Waals surface area contributed by atoms with Gasteiger partial charge in [-0.2, -0.15) is 0 Å². The number of nitrogens with one attached hydrogen (secondary N) is 1. The summed E-state index contributed by atoms with van der Waals surface area (Å²) in [6.07, 6.45) is 7.79. The molecule has 0 unspecified atom stereocenters. The molecule has 0 spiro atoms. The summed E-state index contributed by atoms with van der Waals surface area (Å²) < 4.78 is 5.03. The number of hydrogen-bond donors (Lipinski definition) is 1. The number of hydrogen-bond acceptors (Lipinski definition) is 3. The topological polar surface area (TPSA) is 38.3 Å². The monoisotopic (exact) mass is 213 g/mol. The van der Waals surface area contributed by atoms with Gasteiger partial charge in [-0.15, -0.1) is 0 Å². The molecule has 0 saturated heterocycles. The van der Waals surface area contributed by atoms with E-state index in [1.807, 2.05) is 20.9 Å². The summed E-state index contributed by atoms with van der Waals surface area (Å²) in [5.41, 5.74) is 0. The Kier molecular flexibility index (Phi) is 9.18. The number of allylic oxidation sites excluding steroid dienone is 1. The van der Waals surface area contributed by atoms with Crippen molar-refractivity contribution < 1.29 is 9.53 Å². The molecule has 3 heteroatoms. The highest BCUT2D eigenvalue weighted by molar-refractivity contribution is 5.69. The fraction of sp³-hybridized carbons (Fsp3) is 0.750. The molecule has 0 heterocycles. The molecule has 0 bridgehead atoms. The van der Waals surface area contributed by atoms with Crippen LogP contribution in [0.2, 0.25) is 0 Å². The van der Waals surface area contributed by atoms with Gasteiger partial charge in [0.05, 0.1) is 6.10 Å². The average Bonchev–Trinajstić information content (AvgIpc) is 2.15. The van der Waals surface area contributed by atoms with Crippen LogP contribution in [-0.4, -0.2) is 25.7 Å². The Morgan fingerprint density at radius 1 is 1.33 bits per heavy atom. The number of rotatable bonds is 8. The van der Waals surface area contributed by atoms with Crippen LogP contribution in [0.5, 0.6) is 0 Å². The standard InChI is InChI=1S/C12H23NO2/c1-11(2)15-12(14)9-7-5-4-6-8-10-13-3/h6,8,11,13H,4-5,7,9-10H2,1-3H3/b8-6-. The van der Waals surface area contributed by atoms with Gasteiger partial charge < -0.3 is 10.1 Å². The number of likely N-dealkylation sites (N-methyl/N-ethyl adjacent to an activating group) is 1. The summed E-state index contributed by atoms with van der Waals surface area (Å²) in [5.74, 6) is -0.0794. The Balaban J connectivity index is 3.27. The number of ether oxygens (including phenoxy) is 1. The smallest absolute Gasteiger partial charge is 0.306 e. The van der Waals surface area contributed by atoms with E-state index in [1.165, 1.54) is 0 Å². The van der Waals surface area contributed by atoms with E-state index in [2.05, 4.69) is 17.5 Å². The van der Waals surface area contributed by atoms with Crippen LogP contribution in [0.4, 0.5) is 0 Å². The van der Waals surface area contributed by atoms with Crippen molar-refractivity contribution in [2.45, 2.75) is 45.6 Å². The summed E-state index contributed by atoms with van der Waals surface area (Å²) in [6.45, 7) is 4.66. The maximum atomic E-state index is 11.1. The lowest BCUT2D eigenvalue weighted by molar-refractivity contribution is -0.147. The van der Waals surface area contributed by atoms with Gasteiger partial charge in [0.15, 0.2) is 0 Å². The third-order valence-electron chi connectivity index (χ3n) is 1.86. The fourth-order valence-electron chi connectivity index (χ4n) is 1.17. The zero-order valence-electron chi connectivity index (χ0n) is 10.1. The third-order valence-corrected chi connectivity index (χ3v) is 1.86. The summed E-state index contributed by atoms with van der Waals surface area (Å²) in [5, 5.41) is 3.04. The van der Waals surface area contributed by atoms with Gasteiger partial charge >= 0.3 is 5.97 Å². The van der Waals surface area contributed by atoms with E-state index in [1.54, 1.807) is 0 Å². The molecule has 0 amide bonds. The van der Waals surface area contributed by atoms with Crippen molar-refractivity contribution in [2.24, 2.45) is 0 Å². The number of carbonyl (C=O) groups excluding carboxylic acids is 1. The third kappa shape index (κ3) is 11.1. The van der Waals surface area contributed by atoms with E-state index in [4.69, 9.17) is 4.74 Å². The molecule has 0 rings (SSSR count). The number of unbranched alkanes of at least 4 members (excludes halogenated alkanes) is 2. The molecule has 1 N–H and O–H groups in total. The molecule has 0 saturated carbocycles. The van der Waals surface area contributed by atoms with Crippen LogP contribution in [0.25, 0.3) is 0 Å². The Morgan fingerprint density at radius 2 is 2.07 bits per heavy atom. The Hall–Kier alpha value is -0.830. The molecule has 0 aromatic carbocycles. The van der Waals surface area contributed by atoms with Crippen LogP contribution in [0.15, 0.2) is 12.2 Å². The second-order valence-electron chi connectivity index (χ2n) is 3.81. The first kappa shape index (κ1) is 14.2. The van der Waals surface area contributed by atoms with Crippen molar-refractivity contribution >= 4 is 5.97 Å². The maximum Gasteiger partial charge on any atom is 0.306 e. The molecule has 3 nitrogen and oxygen atoms in total. The van der Waals surface area contributed by atoms with E-state index >= 15 is 0 Å². The minimum absolute atomic E-state index is 0.00743. The maximum absolute atomic E-state index is 11.1. The van der Waals surface area contributed by atoms with Crippen molar-refractivity contribution in [3.05, 3.63) is 12.2 Å². The van der Waals surface area contributed by atoms with E-state index in [-0.39, 0.29) is 12.1 Å². The highest BCUT2D eigenvalue weighted by atomic mass is 16.5. The lowest BCUT2D eigenvalue weighted by atomic mass is 10.2. The highest BCUT2D eigenvalue weighted by Crippen LogP contribution is 2.03.